The number of carbonyl (C=O) groups is 1. The number of fused-ring (bicyclic) bond motifs is 4. The van der Waals surface area contributed by atoms with Crippen molar-refractivity contribution in [2.75, 3.05) is 34.8 Å². The number of rotatable bonds is 11. The molecule has 11 nitrogen and oxygen atoms in total. The van der Waals surface area contributed by atoms with Crippen molar-refractivity contribution in [3.63, 3.8) is 0 Å². The van der Waals surface area contributed by atoms with Crippen molar-refractivity contribution in [2.45, 2.75) is 38.0 Å². The van der Waals surface area contributed by atoms with Gasteiger partial charge in [-0.25, -0.2) is 14.5 Å². The normalized spacial score (nSPS) is 16.9. The van der Waals surface area contributed by atoms with E-state index in [-0.39, 0.29) is 6.04 Å². The Labute approximate surface area is 313 Å². The third kappa shape index (κ3) is 7.78. The van der Waals surface area contributed by atoms with E-state index in [1.807, 2.05) is 24.3 Å². The van der Waals surface area contributed by atoms with Crippen LogP contribution in [0, 0.1) is 0 Å². The van der Waals surface area contributed by atoms with Gasteiger partial charge in [-0.15, -0.1) is 5.10 Å². The highest BCUT2D eigenvalue weighted by atomic mass is 19.4. The van der Waals surface area contributed by atoms with Crippen LogP contribution in [0.2, 0.25) is 0 Å². The number of pyridine rings is 1. The molecule has 8 rings (SSSR count). The molecule has 1 saturated heterocycles. The lowest BCUT2D eigenvalue weighted by Crippen LogP contribution is -2.48. The number of carbonyl (C=O) groups excluding carboxylic acids is 1. The maximum absolute atomic E-state index is 13.9. The Kier molecular flexibility index (Phi) is 9.77. The Balaban J connectivity index is 0.879. The summed E-state index contributed by atoms with van der Waals surface area (Å²) in [4.78, 5) is 26.9. The number of hydrogen-bond donors (Lipinski definition) is 2. The van der Waals surface area contributed by atoms with Crippen LogP contribution in [-0.4, -0.2) is 69.3 Å². The first-order valence-electron chi connectivity index (χ1n) is 17.8. The molecule has 2 aromatic carbocycles. The van der Waals surface area contributed by atoms with E-state index in [1.165, 1.54) is 12.3 Å². The fourth-order valence-corrected chi connectivity index (χ4v) is 7.01. The molecule has 6 heterocycles. The summed E-state index contributed by atoms with van der Waals surface area (Å²) in [7, 11) is -2.61. The van der Waals surface area contributed by atoms with E-state index in [4.69, 9.17) is 4.98 Å². The van der Waals surface area contributed by atoms with Crippen LogP contribution >= 0.6 is 0 Å². The minimum absolute atomic E-state index is 0.152. The second-order valence-corrected chi connectivity index (χ2v) is 13.4. The molecule has 1 fully saturated rings. The number of aliphatic imine (C=N–C) groups is 1. The highest BCUT2D eigenvalue weighted by molar-refractivity contribution is 6.41. The summed E-state index contributed by atoms with van der Waals surface area (Å²) in [6.07, 6.45) is 6.26. The third-order valence-corrected chi connectivity index (χ3v) is 9.69. The minimum Gasteiger partial charge on any atom is -0.366 e. The van der Waals surface area contributed by atoms with Crippen molar-refractivity contribution in [1.82, 2.24) is 29.8 Å². The van der Waals surface area contributed by atoms with Gasteiger partial charge in [-0.1, -0.05) is 23.4 Å². The van der Waals surface area contributed by atoms with E-state index in [2.05, 4.69) is 30.8 Å². The maximum atomic E-state index is 13.9. The zero-order valence-corrected chi connectivity index (χ0v) is 29.3. The first kappa shape index (κ1) is 35.9. The second-order valence-electron chi connectivity index (χ2n) is 13.4. The van der Waals surface area contributed by atoms with E-state index in [1.54, 1.807) is 64.3 Å². The van der Waals surface area contributed by atoms with Gasteiger partial charge in [0, 0.05) is 42.3 Å². The number of benzene rings is 2. The number of hydrogen-bond acceptors (Lipinski definition) is 7. The zero-order valence-electron chi connectivity index (χ0n) is 29.3. The molecule has 0 aliphatic carbocycles. The molecule has 0 radical (unpaired) electrons. The highest BCUT2D eigenvalue weighted by Gasteiger charge is 2.40. The quantitative estimate of drug-likeness (QED) is 0.0824. The average Bonchev–Trinajstić information content (AvgIpc) is 4.00. The molecule has 0 saturated carbocycles. The van der Waals surface area contributed by atoms with Crippen LogP contribution < -0.4 is 20.4 Å². The molecule has 5 aromatic rings. The average molecular weight is 753 g/mol. The van der Waals surface area contributed by atoms with Gasteiger partial charge in [0.1, 0.15) is 0 Å². The maximum Gasteiger partial charge on any atom is 0.677 e. The number of anilines is 3. The van der Waals surface area contributed by atoms with Crippen LogP contribution in [0.5, 0.6) is 0 Å². The van der Waals surface area contributed by atoms with Crippen molar-refractivity contribution < 1.29 is 26.6 Å². The molecular formula is C38H34BF5N10O. The Morgan fingerprint density at radius 3 is 2.75 bits per heavy atom. The number of nitrogens with one attached hydrogen (secondary N) is 2. The van der Waals surface area contributed by atoms with Crippen LogP contribution in [0.25, 0.3) is 23.0 Å². The fraction of sp³-hybridized carbons (Fsp3) is 0.237. The van der Waals surface area contributed by atoms with E-state index in [0.29, 0.717) is 59.5 Å². The van der Waals surface area contributed by atoms with Gasteiger partial charge >= 0.3 is 19.6 Å². The summed E-state index contributed by atoms with van der Waals surface area (Å²) < 4.78 is 69.1. The van der Waals surface area contributed by atoms with E-state index in [9.17, 15) is 26.6 Å². The smallest absolute Gasteiger partial charge is 0.366 e. The largest absolute Gasteiger partial charge is 0.677 e. The molecule has 17 heteroatoms. The third-order valence-electron chi connectivity index (χ3n) is 9.69. The van der Waals surface area contributed by atoms with Gasteiger partial charge in [-0.3, -0.25) is 18.5 Å². The van der Waals surface area contributed by atoms with Gasteiger partial charge in [0.15, 0.2) is 5.82 Å². The number of amides is 2. The summed E-state index contributed by atoms with van der Waals surface area (Å²) >= 11 is 0. The van der Waals surface area contributed by atoms with Crippen molar-refractivity contribution in [2.24, 2.45) is 4.99 Å². The Morgan fingerprint density at radius 2 is 1.89 bits per heavy atom. The lowest BCUT2D eigenvalue weighted by molar-refractivity contribution is -0.137. The zero-order chi connectivity index (χ0) is 38.1. The van der Waals surface area contributed by atoms with E-state index < -0.39 is 25.2 Å². The molecule has 3 aromatic heterocycles. The predicted molar refractivity (Wildman–Crippen MR) is 201 cm³/mol. The monoisotopic (exact) mass is 752 g/mol. The molecule has 0 spiro atoms. The lowest BCUT2D eigenvalue weighted by Gasteiger charge is -2.36. The molecule has 2 bridgehead atoms. The van der Waals surface area contributed by atoms with Gasteiger partial charge in [0.05, 0.1) is 46.3 Å². The summed E-state index contributed by atoms with van der Waals surface area (Å²) in [5.74, 6) is 0.402. The Bertz CT molecular complexity index is 2320. The van der Waals surface area contributed by atoms with Crippen molar-refractivity contribution in [3.05, 3.63) is 120 Å². The molecular weight excluding hydrogens is 718 g/mol. The van der Waals surface area contributed by atoms with Crippen LogP contribution in [0.4, 0.5) is 43.8 Å². The number of halogens is 5. The molecule has 0 unspecified atom stereocenters. The summed E-state index contributed by atoms with van der Waals surface area (Å²) in [5, 5.41) is 14.9. The molecule has 2 N–H and O–H groups in total. The standard InChI is InChI=1S/C38H34BF5N10O/c40-38(41,42)26-6-1-5-25(19-26)34-13-14-35-36(48-34)54(33-15-18-51(35)24-33)37(55)47-28-7-2-9-32(21-28)53-23-30(49-50-53)22-45-16-3-8-27-11-12-29(46-27)20-31-10-4-17-52(31)39(43)44/h1-2,4-7,9-14,17,19-21,23,33,45H,3,8,15-16,18,22,24H2,(H,47,55)/b29-20-/t33-/m0/s1. The molecule has 3 aliphatic heterocycles. The number of aromatic nitrogens is 5. The van der Waals surface area contributed by atoms with Crippen LogP contribution in [0.15, 0.2) is 108 Å². The van der Waals surface area contributed by atoms with Gasteiger partial charge < -0.3 is 20.0 Å². The van der Waals surface area contributed by atoms with Gasteiger partial charge in [0.2, 0.25) is 0 Å². The Morgan fingerprint density at radius 1 is 1.02 bits per heavy atom. The number of nitrogens with zero attached hydrogens (tertiary/aromatic N) is 8. The molecule has 3 aliphatic rings. The molecule has 280 valence electrons. The van der Waals surface area contributed by atoms with Crippen LogP contribution in [-0.2, 0) is 12.7 Å². The first-order chi connectivity index (χ1) is 26.6. The molecule has 55 heavy (non-hydrogen) atoms. The predicted octanol–water partition coefficient (Wildman–Crippen LogP) is 7.47. The summed E-state index contributed by atoms with van der Waals surface area (Å²) in [6, 6.07) is 18.4. The number of allylic oxidation sites excluding steroid dienone is 2. The van der Waals surface area contributed by atoms with Crippen molar-refractivity contribution in [1.29, 1.82) is 0 Å². The summed E-state index contributed by atoms with van der Waals surface area (Å²) in [5.41, 5.74) is 4.48. The number of urea groups is 1. The SMILES string of the molecule is O=C(Nc1cccc(-n2cc(CNCCCC3=N/C(=C\c4cccn4B(F)F)C=C3)nn2)c1)N1c2nc(-c3cccc(C(F)(F)F)c3)ccc2N2CC[C@H]1C2. The first-order valence-corrected chi connectivity index (χ1v) is 17.8. The van der Waals surface area contributed by atoms with Gasteiger partial charge in [-0.2, -0.15) is 13.2 Å². The van der Waals surface area contributed by atoms with Crippen LogP contribution in [0.3, 0.4) is 0 Å². The minimum atomic E-state index is -4.49. The molecule has 2 amide bonds. The number of alkyl halides is 3. The van der Waals surface area contributed by atoms with E-state index in [0.717, 1.165) is 59.5 Å². The summed E-state index contributed by atoms with van der Waals surface area (Å²) in [6.45, 7) is 2.55. The van der Waals surface area contributed by atoms with Crippen molar-refractivity contribution in [3.8, 4) is 16.9 Å². The van der Waals surface area contributed by atoms with Gasteiger partial charge in [-0.05, 0) is 105 Å². The van der Waals surface area contributed by atoms with Crippen molar-refractivity contribution >= 4 is 42.4 Å². The topological polar surface area (TPSA) is 108 Å². The molecule has 1 atom stereocenters. The fourth-order valence-electron chi connectivity index (χ4n) is 7.01. The van der Waals surface area contributed by atoms with E-state index >= 15 is 0 Å². The van der Waals surface area contributed by atoms with Gasteiger partial charge in [0.25, 0.3) is 0 Å². The Hall–Kier alpha value is -6.10. The van der Waals surface area contributed by atoms with Crippen LogP contribution in [0.1, 0.15) is 36.2 Å². The highest BCUT2D eigenvalue weighted by Crippen LogP contribution is 2.41. The second kappa shape index (κ2) is 15.0. The lowest BCUT2D eigenvalue weighted by atomic mass is 10.1.